The van der Waals surface area contributed by atoms with Crippen LogP contribution in [-0.4, -0.2) is 39.9 Å². The molecule has 3 heterocycles. The maximum absolute atomic E-state index is 13.2. The average molecular weight is 514 g/mol. The van der Waals surface area contributed by atoms with Crippen LogP contribution in [0.5, 0.6) is 5.75 Å². The van der Waals surface area contributed by atoms with Crippen LogP contribution < -0.4 is 9.64 Å². The van der Waals surface area contributed by atoms with Gasteiger partial charge in [0.05, 0.1) is 19.3 Å². The van der Waals surface area contributed by atoms with E-state index in [0.717, 1.165) is 46.5 Å². The lowest BCUT2D eigenvalue weighted by Gasteiger charge is -2.31. The van der Waals surface area contributed by atoms with Crippen molar-refractivity contribution in [3.63, 3.8) is 0 Å². The number of aromatic carboxylic acids is 1. The number of amides is 1. The van der Waals surface area contributed by atoms with Gasteiger partial charge < -0.3 is 19.2 Å². The maximum atomic E-state index is 13.2. The number of carboxylic acid groups (broad SMARTS) is 1. The number of anilines is 1. The molecule has 1 amide bonds. The maximum Gasteiger partial charge on any atom is 0.371 e. The second-order valence-corrected chi connectivity index (χ2v) is 9.60. The van der Waals surface area contributed by atoms with Crippen molar-refractivity contribution < 1.29 is 23.8 Å². The number of aromatic nitrogens is 2. The third-order valence-corrected chi connectivity index (χ3v) is 7.03. The number of hydrogen-bond donors (Lipinski definition) is 1. The minimum absolute atomic E-state index is 0.0916. The fourth-order valence-electron chi connectivity index (χ4n) is 4.90. The lowest BCUT2D eigenvalue weighted by atomic mass is 9.93. The standard InChI is InChI=1S/C30H31N3O5/c1-20-7-3-11-27(21(20)2)37-16-6-12-29(34)33-15-5-9-25-24(8-4-10-26(25)33)22-17-31-32(18-22)19-23-13-14-28(38-23)30(35)36/h3-4,7-8,10-11,13-14,17-18H,5-6,9,12,15-16,19H2,1-2H3,(H,35,36). The van der Waals surface area contributed by atoms with Crippen molar-refractivity contribution in [1.29, 1.82) is 0 Å². The fraction of sp³-hybridized carbons (Fsp3) is 0.300. The Hall–Kier alpha value is -4.33. The first kappa shape index (κ1) is 25.3. The molecule has 0 saturated carbocycles. The highest BCUT2D eigenvalue weighted by atomic mass is 16.5. The molecule has 0 fully saturated rings. The van der Waals surface area contributed by atoms with Crippen LogP contribution in [-0.2, 0) is 17.8 Å². The molecule has 196 valence electrons. The number of carbonyl (C=O) groups excluding carboxylic acids is 1. The molecule has 1 aliphatic heterocycles. The first-order valence-electron chi connectivity index (χ1n) is 12.9. The van der Waals surface area contributed by atoms with Gasteiger partial charge in [0.15, 0.2) is 0 Å². The molecule has 2 aromatic heterocycles. The van der Waals surface area contributed by atoms with Gasteiger partial charge in [-0.25, -0.2) is 4.79 Å². The second kappa shape index (κ2) is 11.0. The van der Waals surface area contributed by atoms with Crippen molar-refractivity contribution in [2.75, 3.05) is 18.1 Å². The van der Waals surface area contributed by atoms with E-state index in [4.69, 9.17) is 14.3 Å². The molecule has 0 atom stereocenters. The number of carboxylic acids is 1. The fourth-order valence-corrected chi connectivity index (χ4v) is 4.90. The molecule has 8 heteroatoms. The minimum atomic E-state index is -1.10. The van der Waals surface area contributed by atoms with Crippen LogP contribution in [0.15, 0.2) is 65.3 Å². The number of hydrogen-bond acceptors (Lipinski definition) is 5. The Morgan fingerprint density at radius 3 is 2.76 bits per heavy atom. The Morgan fingerprint density at radius 1 is 1.11 bits per heavy atom. The van der Waals surface area contributed by atoms with Gasteiger partial charge in [-0.2, -0.15) is 5.10 Å². The summed E-state index contributed by atoms with van der Waals surface area (Å²) in [4.78, 5) is 26.2. The van der Waals surface area contributed by atoms with Crippen LogP contribution in [0.25, 0.3) is 11.1 Å². The molecule has 0 spiro atoms. The molecule has 1 aliphatic rings. The summed E-state index contributed by atoms with van der Waals surface area (Å²) < 4.78 is 13.0. The van der Waals surface area contributed by atoms with Crippen LogP contribution in [0.2, 0.25) is 0 Å². The molecule has 0 bridgehead atoms. The second-order valence-electron chi connectivity index (χ2n) is 9.60. The van der Waals surface area contributed by atoms with Gasteiger partial charge in [-0.05, 0) is 79.6 Å². The predicted octanol–water partition coefficient (Wildman–Crippen LogP) is 5.64. The van der Waals surface area contributed by atoms with Crippen LogP contribution in [0.3, 0.4) is 0 Å². The first-order chi connectivity index (χ1) is 18.4. The van der Waals surface area contributed by atoms with E-state index in [-0.39, 0.29) is 11.7 Å². The summed E-state index contributed by atoms with van der Waals surface area (Å²) in [6.45, 7) is 5.65. The lowest BCUT2D eigenvalue weighted by molar-refractivity contribution is -0.118. The molecule has 1 N–H and O–H groups in total. The van der Waals surface area contributed by atoms with E-state index in [1.807, 2.05) is 42.3 Å². The van der Waals surface area contributed by atoms with Crippen molar-refractivity contribution in [2.24, 2.45) is 0 Å². The number of rotatable bonds is 9. The molecule has 8 nitrogen and oxygen atoms in total. The third kappa shape index (κ3) is 5.34. The van der Waals surface area contributed by atoms with Gasteiger partial charge in [-0.3, -0.25) is 9.48 Å². The SMILES string of the molecule is Cc1cccc(OCCCC(=O)N2CCCc3c(-c4cnn(Cc5ccc(C(=O)O)o5)c4)cccc32)c1C. The van der Waals surface area contributed by atoms with Gasteiger partial charge in [-0.15, -0.1) is 0 Å². The molecule has 0 saturated heterocycles. The number of carbonyl (C=O) groups is 2. The van der Waals surface area contributed by atoms with Gasteiger partial charge in [0, 0.05) is 30.4 Å². The van der Waals surface area contributed by atoms with E-state index in [0.29, 0.717) is 38.3 Å². The minimum Gasteiger partial charge on any atom is -0.493 e. The predicted molar refractivity (Wildman–Crippen MR) is 144 cm³/mol. The quantitative estimate of drug-likeness (QED) is 0.291. The average Bonchev–Trinajstić information content (AvgIpc) is 3.58. The zero-order valence-corrected chi connectivity index (χ0v) is 21.6. The lowest BCUT2D eigenvalue weighted by Crippen LogP contribution is -2.35. The normalized spacial score (nSPS) is 12.8. The smallest absolute Gasteiger partial charge is 0.371 e. The largest absolute Gasteiger partial charge is 0.493 e. The number of benzene rings is 2. The van der Waals surface area contributed by atoms with Gasteiger partial charge in [0.1, 0.15) is 11.5 Å². The molecule has 0 unspecified atom stereocenters. The van der Waals surface area contributed by atoms with Gasteiger partial charge in [0.25, 0.3) is 0 Å². The highest BCUT2D eigenvalue weighted by Crippen LogP contribution is 2.36. The summed E-state index contributed by atoms with van der Waals surface area (Å²) in [6.07, 6.45) is 6.57. The Kier molecular flexibility index (Phi) is 7.31. The highest BCUT2D eigenvalue weighted by molar-refractivity contribution is 5.96. The zero-order chi connectivity index (χ0) is 26.6. The van der Waals surface area contributed by atoms with E-state index in [9.17, 15) is 9.59 Å². The number of fused-ring (bicyclic) bond motifs is 1. The van der Waals surface area contributed by atoms with Gasteiger partial charge in [0.2, 0.25) is 11.7 Å². The molecular formula is C30H31N3O5. The molecule has 0 aliphatic carbocycles. The van der Waals surface area contributed by atoms with Gasteiger partial charge in [-0.1, -0.05) is 24.3 Å². The molecular weight excluding hydrogens is 482 g/mol. The summed E-state index contributed by atoms with van der Waals surface area (Å²) in [7, 11) is 0. The summed E-state index contributed by atoms with van der Waals surface area (Å²) in [5.74, 6) is 0.314. The zero-order valence-electron chi connectivity index (χ0n) is 21.6. The van der Waals surface area contributed by atoms with E-state index < -0.39 is 5.97 Å². The van der Waals surface area contributed by atoms with Crippen LogP contribution in [0.4, 0.5) is 5.69 Å². The van der Waals surface area contributed by atoms with Crippen molar-refractivity contribution in [3.05, 3.63) is 89.1 Å². The Balaban J connectivity index is 1.25. The molecule has 2 aromatic carbocycles. The van der Waals surface area contributed by atoms with E-state index in [2.05, 4.69) is 24.2 Å². The summed E-state index contributed by atoms with van der Waals surface area (Å²) in [5, 5.41) is 13.5. The Morgan fingerprint density at radius 2 is 1.95 bits per heavy atom. The topological polar surface area (TPSA) is 97.8 Å². The molecule has 4 aromatic rings. The Bertz CT molecular complexity index is 1470. The van der Waals surface area contributed by atoms with Crippen LogP contribution in [0, 0.1) is 13.8 Å². The van der Waals surface area contributed by atoms with Gasteiger partial charge >= 0.3 is 5.97 Å². The Labute approximate surface area is 221 Å². The number of nitrogens with zero attached hydrogens (tertiary/aromatic N) is 3. The van der Waals surface area contributed by atoms with Crippen molar-refractivity contribution >= 4 is 17.6 Å². The molecule has 5 rings (SSSR count). The molecule has 0 radical (unpaired) electrons. The monoisotopic (exact) mass is 513 g/mol. The van der Waals surface area contributed by atoms with Crippen molar-refractivity contribution in [1.82, 2.24) is 9.78 Å². The summed E-state index contributed by atoms with van der Waals surface area (Å²) in [5.41, 5.74) is 6.42. The van der Waals surface area contributed by atoms with Crippen molar-refractivity contribution in [2.45, 2.75) is 46.1 Å². The van der Waals surface area contributed by atoms with Crippen LogP contribution >= 0.6 is 0 Å². The first-order valence-corrected chi connectivity index (χ1v) is 12.9. The van der Waals surface area contributed by atoms with Crippen LogP contribution in [0.1, 0.15) is 52.3 Å². The number of furan rings is 1. The van der Waals surface area contributed by atoms with E-state index in [1.54, 1.807) is 16.9 Å². The highest BCUT2D eigenvalue weighted by Gasteiger charge is 2.25. The van der Waals surface area contributed by atoms with E-state index in [1.165, 1.54) is 11.6 Å². The number of ether oxygens (including phenoxy) is 1. The third-order valence-electron chi connectivity index (χ3n) is 7.03. The summed E-state index contributed by atoms with van der Waals surface area (Å²) >= 11 is 0. The number of aryl methyl sites for hydroxylation is 1. The van der Waals surface area contributed by atoms with E-state index >= 15 is 0 Å². The summed E-state index contributed by atoms with van der Waals surface area (Å²) in [6, 6.07) is 15.2. The van der Waals surface area contributed by atoms with Crippen molar-refractivity contribution in [3.8, 4) is 16.9 Å². The molecule has 38 heavy (non-hydrogen) atoms.